The lowest BCUT2D eigenvalue weighted by atomic mass is 10.4. The maximum Gasteiger partial charge on any atom is 0.537 e. The second-order valence-corrected chi connectivity index (χ2v) is 5.78. The molecule has 0 heterocycles. The SMILES string of the molecule is CCO[Si](OCC)(OCC)c1ccccc1.F.[SiH4]. The Labute approximate surface area is 114 Å². The first-order chi connectivity index (χ1) is 7.79. The highest BCUT2D eigenvalue weighted by Gasteiger charge is 2.42. The van der Waals surface area contributed by atoms with Crippen LogP contribution >= 0.6 is 0 Å². The standard InChI is InChI=1S/C12H20O3Si.FH.H4Si/c1-4-13-16(14-5-2,15-6-3)12-10-8-7-9-11-12;;/h7-11H,4-6H2,1-3H3;1H;1H4. The van der Waals surface area contributed by atoms with Crippen LogP contribution in [0, 0.1) is 0 Å². The van der Waals surface area contributed by atoms with Gasteiger partial charge in [0.25, 0.3) is 0 Å². The minimum absolute atomic E-state index is 0. The number of hydrogen-bond acceptors (Lipinski definition) is 3. The van der Waals surface area contributed by atoms with Crippen LogP contribution in [0.2, 0.25) is 0 Å². The molecular weight excluding hydrogens is 267 g/mol. The number of rotatable bonds is 7. The lowest BCUT2D eigenvalue weighted by Gasteiger charge is -2.28. The molecule has 0 bridgehead atoms. The minimum atomic E-state index is -2.67. The fraction of sp³-hybridized carbons (Fsp3) is 0.500. The fourth-order valence-electron chi connectivity index (χ4n) is 1.59. The first kappa shape index (κ1) is 19.8. The molecule has 0 spiro atoms. The third kappa shape index (κ3) is 4.99. The second-order valence-electron chi connectivity index (χ2n) is 3.22. The van der Waals surface area contributed by atoms with E-state index in [1.807, 2.05) is 51.1 Å². The van der Waals surface area contributed by atoms with Crippen molar-refractivity contribution in [2.45, 2.75) is 20.8 Å². The van der Waals surface area contributed by atoms with E-state index in [-0.39, 0.29) is 15.7 Å². The Morgan fingerprint density at radius 3 is 1.56 bits per heavy atom. The highest BCUT2D eigenvalue weighted by molar-refractivity contribution is 6.75. The van der Waals surface area contributed by atoms with E-state index in [9.17, 15) is 0 Å². The van der Waals surface area contributed by atoms with Gasteiger partial charge >= 0.3 is 8.80 Å². The first-order valence-electron chi connectivity index (χ1n) is 5.76. The molecule has 0 aliphatic carbocycles. The van der Waals surface area contributed by atoms with Gasteiger partial charge in [0, 0.05) is 25.0 Å². The molecule has 0 amide bonds. The molecule has 0 N–H and O–H groups in total. The third-order valence-corrected chi connectivity index (χ3v) is 5.18. The Morgan fingerprint density at radius 1 is 0.833 bits per heavy atom. The zero-order valence-electron chi connectivity index (χ0n) is 10.6. The van der Waals surface area contributed by atoms with Gasteiger partial charge in [0.1, 0.15) is 0 Å². The summed E-state index contributed by atoms with van der Waals surface area (Å²) in [7, 11) is -2.67. The highest BCUT2D eigenvalue weighted by Crippen LogP contribution is 2.10. The van der Waals surface area contributed by atoms with Crippen molar-refractivity contribution in [2.75, 3.05) is 19.8 Å². The van der Waals surface area contributed by atoms with E-state index in [1.165, 1.54) is 0 Å². The summed E-state index contributed by atoms with van der Waals surface area (Å²) in [6.07, 6.45) is 0. The first-order valence-corrected chi connectivity index (χ1v) is 7.49. The maximum absolute atomic E-state index is 5.79. The fourth-order valence-corrected chi connectivity index (χ4v) is 4.08. The van der Waals surface area contributed by atoms with Crippen molar-refractivity contribution in [3.63, 3.8) is 0 Å². The van der Waals surface area contributed by atoms with E-state index in [2.05, 4.69) is 0 Å². The van der Waals surface area contributed by atoms with Crippen molar-refractivity contribution >= 4 is 25.0 Å². The van der Waals surface area contributed by atoms with Crippen LogP contribution in [-0.2, 0) is 13.3 Å². The minimum Gasteiger partial charge on any atom is -0.370 e. The van der Waals surface area contributed by atoms with Crippen LogP contribution in [0.4, 0.5) is 4.70 Å². The molecule has 1 aromatic carbocycles. The Kier molecular flexibility index (Phi) is 11.4. The molecule has 1 aromatic rings. The van der Waals surface area contributed by atoms with Crippen molar-refractivity contribution in [1.82, 2.24) is 0 Å². The Bertz CT molecular complexity index is 282. The van der Waals surface area contributed by atoms with Gasteiger partial charge in [0.15, 0.2) is 0 Å². The zero-order chi connectivity index (χ0) is 11.9. The van der Waals surface area contributed by atoms with Crippen molar-refractivity contribution < 1.29 is 18.0 Å². The Morgan fingerprint density at radius 2 is 1.22 bits per heavy atom. The Hall–Kier alpha value is -0.536. The summed E-state index contributed by atoms with van der Waals surface area (Å²) in [6, 6.07) is 9.95. The molecular formula is C12H25FO3Si2. The maximum atomic E-state index is 5.79. The van der Waals surface area contributed by atoms with Gasteiger partial charge in [-0.2, -0.15) is 0 Å². The molecule has 1 rings (SSSR count). The zero-order valence-corrected chi connectivity index (χ0v) is 11.6. The predicted octanol–water partition coefficient (Wildman–Crippen LogP) is 0.643. The molecule has 0 unspecified atom stereocenters. The lowest BCUT2D eigenvalue weighted by Crippen LogP contribution is -2.56. The van der Waals surface area contributed by atoms with Crippen LogP contribution in [-0.4, -0.2) is 39.6 Å². The van der Waals surface area contributed by atoms with E-state index in [4.69, 9.17) is 13.3 Å². The molecule has 0 radical (unpaired) electrons. The summed E-state index contributed by atoms with van der Waals surface area (Å²) in [4.78, 5) is 0. The molecule has 0 aliphatic heterocycles. The Balaban J connectivity index is 0. The second kappa shape index (κ2) is 10.4. The van der Waals surface area contributed by atoms with Crippen molar-refractivity contribution in [1.29, 1.82) is 0 Å². The van der Waals surface area contributed by atoms with Gasteiger partial charge < -0.3 is 13.3 Å². The molecule has 0 fully saturated rings. The van der Waals surface area contributed by atoms with E-state index >= 15 is 0 Å². The van der Waals surface area contributed by atoms with Crippen molar-refractivity contribution in [3.05, 3.63) is 30.3 Å². The average molecular weight is 292 g/mol. The highest BCUT2D eigenvalue weighted by atomic mass is 28.4. The van der Waals surface area contributed by atoms with Crippen LogP contribution in [0.15, 0.2) is 30.3 Å². The van der Waals surface area contributed by atoms with E-state index in [1.54, 1.807) is 0 Å². The largest absolute Gasteiger partial charge is 0.537 e. The van der Waals surface area contributed by atoms with Gasteiger partial charge in [-0.3, -0.25) is 4.70 Å². The number of hydrogen-bond donors (Lipinski definition) is 0. The van der Waals surface area contributed by atoms with Crippen molar-refractivity contribution in [2.24, 2.45) is 0 Å². The van der Waals surface area contributed by atoms with Crippen LogP contribution in [0.3, 0.4) is 0 Å². The number of benzene rings is 1. The average Bonchev–Trinajstić information content (AvgIpc) is 2.31. The summed E-state index contributed by atoms with van der Waals surface area (Å²) in [6.45, 7) is 7.68. The monoisotopic (exact) mass is 292 g/mol. The molecule has 3 nitrogen and oxygen atoms in total. The topological polar surface area (TPSA) is 27.7 Å². The van der Waals surface area contributed by atoms with E-state index in [0.717, 1.165) is 5.19 Å². The third-order valence-electron chi connectivity index (χ3n) is 2.13. The summed E-state index contributed by atoms with van der Waals surface area (Å²) in [5, 5.41) is 1.03. The van der Waals surface area contributed by atoms with Crippen LogP contribution in [0.5, 0.6) is 0 Å². The van der Waals surface area contributed by atoms with Crippen LogP contribution in [0.25, 0.3) is 0 Å². The molecule has 0 aromatic heterocycles. The van der Waals surface area contributed by atoms with E-state index < -0.39 is 8.80 Å². The van der Waals surface area contributed by atoms with Gasteiger partial charge in [0.2, 0.25) is 0 Å². The normalized spacial score (nSPS) is 10.4. The van der Waals surface area contributed by atoms with Crippen LogP contribution < -0.4 is 5.19 Å². The summed E-state index contributed by atoms with van der Waals surface area (Å²) >= 11 is 0. The molecule has 18 heavy (non-hydrogen) atoms. The smallest absolute Gasteiger partial charge is 0.370 e. The molecule has 0 saturated carbocycles. The number of halogens is 1. The van der Waals surface area contributed by atoms with Gasteiger partial charge in [-0.1, -0.05) is 30.3 Å². The van der Waals surface area contributed by atoms with Gasteiger partial charge in [-0.05, 0) is 31.7 Å². The van der Waals surface area contributed by atoms with Gasteiger partial charge in [-0.25, -0.2) is 0 Å². The molecule has 106 valence electrons. The van der Waals surface area contributed by atoms with Crippen LogP contribution in [0.1, 0.15) is 20.8 Å². The lowest BCUT2D eigenvalue weighted by molar-refractivity contribution is 0.0859. The summed E-state index contributed by atoms with van der Waals surface area (Å²) in [5.41, 5.74) is 0. The van der Waals surface area contributed by atoms with E-state index in [0.29, 0.717) is 19.8 Å². The molecule has 0 aliphatic rings. The summed E-state index contributed by atoms with van der Waals surface area (Å²) < 4.78 is 17.4. The quantitative estimate of drug-likeness (QED) is 0.691. The molecule has 6 heteroatoms. The predicted molar refractivity (Wildman–Crippen MR) is 80.5 cm³/mol. The molecule has 0 saturated heterocycles. The van der Waals surface area contributed by atoms with Gasteiger partial charge in [-0.15, -0.1) is 0 Å². The van der Waals surface area contributed by atoms with Gasteiger partial charge in [0.05, 0.1) is 0 Å². The summed E-state index contributed by atoms with van der Waals surface area (Å²) in [5.74, 6) is 0. The van der Waals surface area contributed by atoms with Crippen molar-refractivity contribution in [3.8, 4) is 0 Å². The molecule has 0 atom stereocenters.